The van der Waals surface area contributed by atoms with Crippen LogP contribution in [0.15, 0.2) is 0 Å². The lowest BCUT2D eigenvalue weighted by atomic mass is 10.1. The van der Waals surface area contributed by atoms with Gasteiger partial charge in [-0.15, -0.1) is 0 Å². The Balaban J connectivity index is 2.38. The topological polar surface area (TPSA) is 43.1 Å². The van der Waals surface area contributed by atoms with Gasteiger partial charge < -0.3 is 5.73 Å². The van der Waals surface area contributed by atoms with Crippen molar-refractivity contribution in [2.45, 2.75) is 51.3 Å². The number of hydrogen-bond donors (Lipinski definition) is 1. The van der Waals surface area contributed by atoms with Crippen LogP contribution in [0.2, 0.25) is 0 Å². The molecule has 0 spiro atoms. The fourth-order valence-corrected chi connectivity index (χ4v) is 4.12. The van der Waals surface area contributed by atoms with E-state index < -0.39 is 10.8 Å². The highest BCUT2D eigenvalue weighted by molar-refractivity contribution is 7.85. The van der Waals surface area contributed by atoms with Crippen LogP contribution >= 0.6 is 0 Å². The van der Waals surface area contributed by atoms with Crippen molar-refractivity contribution in [3.63, 3.8) is 0 Å². The quantitative estimate of drug-likeness (QED) is 0.781. The summed E-state index contributed by atoms with van der Waals surface area (Å²) >= 11 is 0. The number of rotatable bonds is 4. The SMILES string of the molecule is CC(C)CCS(=O)C1CCC(N)C1C. The van der Waals surface area contributed by atoms with E-state index in [2.05, 4.69) is 20.8 Å². The van der Waals surface area contributed by atoms with Gasteiger partial charge in [0.05, 0.1) is 0 Å². The van der Waals surface area contributed by atoms with Crippen molar-refractivity contribution < 1.29 is 4.21 Å². The summed E-state index contributed by atoms with van der Waals surface area (Å²) in [6.45, 7) is 6.51. The summed E-state index contributed by atoms with van der Waals surface area (Å²) in [5, 5.41) is 0.365. The van der Waals surface area contributed by atoms with E-state index in [4.69, 9.17) is 5.73 Å². The van der Waals surface area contributed by atoms with Crippen LogP contribution in [0.4, 0.5) is 0 Å². The summed E-state index contributed by atoms with van der Waals surface area (Å²) in [6, 6.07) is 0.281. The first kappa shape index (κ1) is 12.2. The minimum absolute atomic E-state index is 0.281. The van der Waals surface area contributed by atoms with Gasteiger partial charge in [0.15, 0.2) is 0 Å². The molecule has 1 saturated carbocycles. The molecule has 14 heavy (non-hydrogen) atoms. The molecule has 0 aromatic heterocycles. The van der Waals surface area contributed by atoms with Gasteiger partial charge in [-0.05, 0) is 31.1 Å². The van der Waals surface area contributed by atoms with Crippen LogP contribution in [-0.2, 0) is 10.8 Å². The van der Waals surface area contributed by atoms with Crippen molar-refractivity contribution in [2.75, 3.05) is 5.75 Å². The van der Waals surface area contributed by atoms with Crippen molar-refractivity contribution in [3.8, 4) is 0 Å². The smallest absolute Gasteiger partial charge is 0.0388 e. The van der Waals surface area contributed by atoms with Crippen LogP contribution in [0.25, 0.3) is 0 Å². The molecule has 4 unspecified atom stereocenters. The Bertz CT molecular complexity index is 205. The molecular formula is C11H23NOS. The molecule has 0 heterocycles. The Kier molecular flexibility index (Phi) is 4.58. The average Bonchev–Trinajstić information content (AvgIpc) is 2.44. The monoisotopic (exact) mass is 217 g/mol. The van der Waals surface area contributed by atoms with E-state index in [0.29, 0.717) is 17.1 Å². The second-order valence-corrected chi connectivity index (χ2v) is 6.68. The van der Waals surface area contributed by atoms with Crippen LogP contribution in [0.1, 0.15) is 40.0 Å². The molecule has 4 atom stereocenters. The predicted octanol–water partition coefficient (Wildman–Crippen LogP) is 1.91. The summed E-state index contributed by atoms with van der Waals surface area (Å²) in [6.07, 6.45) is 3.19. The van der Waals surface area contributed by atoms with Gasteiger partial charge >= 0.3 is 0 Å². The first-order valence-corrected chi connectivity index (χ1v) is 7.03. The molecule has 2 N–H and O–H groups in total. The zero-order valence-corrected chi connectivity index (χ0v) is 10.3. The first-order valence-electron chi connectivity index (χ1n) is 5.65. The lowest BCUT2D eigenvalue weighted by molar-refractivity contribution is 0.524. The fourth-order valence-electron chi connectivity index (χ4n) is 2.03. The Hall–Kier alpha value is 0.110. The second-order valence-electron chi connectivity index (χ2n) is 4.91. The summed E-state index contributed by atoms with van der Waals surface area (Å²) in [5.41, 5.74) is 5.93. The zero-order valence-electron chi connectivity index (χ0n) is 9.53. The standard InChI is InChI=1S/C11H23NOS/c1-8(2)6-7-14(13)11-5-4-10(12)9(11)3/h8-11H,4-7,12H2,1-3H3. The molecule has 0 aliphatic heterocycles. The number of hydrogen-bond acceptors (Lipinski definition) is 2. The van der Waals surface area contributed by atoms with Crippen molar-refractivity contribution in [1.82, 2.24) is 0 Å². The summed E-state index contributed by atoms with van der Waals surface area (Å²) in [4.78, 5) is 0. The van der Waals surface area contributed by atoms with Crippen LogP contribution < -0.4 is 5.73 Å². The predicted molar refractivity (Wildman–Crippen MR) is 62.6 cm³/mol. The van der Waals surface area contributed by atoms with Gasteiger partial charge in [0.1, 0.15) is 0 Å². The molecule has 1 aliphatic carbocycles. The molecule has 3 heteroatoms. The van der Waals surface area contributed by atoms with Gasteiger partial charge in [0.25, 0.3) is 0 Å². The van der Waals surface area contributed by atoms with E-state index >= 15 is 0 Å². The first-order chi connectivity index (χ1) is 6.52. The van der Waals surface area contributed by atoms with Gasteiger partial charge in [-0.2, -0.15) is 0 Å². The molecule has 0 aromatic rings. The lowest BCUT2D eigenvalue weighted by Crippen LogP contribution is -2.30. The van der Waals surface area contributed by atoms with E-state index in [1.807, 2.05) is 0 Å². The Morgan fingerprint density at radius 2 is 2.07 bits per heavy atom. The molecule has 84 valence electrons. The Labute approximate surface area is 90.1 Å². The molecular weight excluding hydrogens is 194 g/mol. The summed E-state index contributed by atoms with van der Waals surface area (Å²) in [5.74, 6) is 1.96. The molecule has 1 fully saturated rings. The van der Waals surface area contributed by atoms with Gasteiger partial charge in [0.2, 0.25) is 0 Å². The van der Waals surface area contributed by atoms with Crippen molar-refractivity contribution in [3.05, 3.63) is 0 Å². The molecule has 0 saturated heterocycles. The van der Waals surface area contributed by atoms with Gasteiger partial charge in [-0.25, -0.2) is 0 Å². The van der Waals surface area contributed by atoms with Crippen LogP contribution in [-0.4, -0.2) is 21.3 Å². The van der Waals surface area contributed by atoms with Gasteiger partial charge in [-0.1, -0.05) is 20.8 Å². The summed E-state index contributed by atoms with van der Waals surface area (Å²) < 4.78 is 12.0. The number of nitrogens with two attached hydrogens (primary N) is 1. The normalized spacial score (nSPS) is 35.1. The van der Waals surface area contributed by atoms with E-state index in [1.165, 1.54) is 0 Å². The van der Waals surface area contributed by atoms with E-state index in [9.17, 15) is 4.21 Å². The van der Waals surface area contributed by atoms with Crippen LogP contribution in [0.5, 0.6) is 0 Å². The third kappa shape index (κ3) is 3.06. The molecule has 0 aromatic carbocycles. The Morgan fingerprint density at radius 3 is 2.50 bits per heavy atom. The Morgan fingerprint density at radius 1 is 1.43 bits per heavy atom. The van der Waals surface area contributed by atoms with E-state index in [0.717, 1.165) is 25.0 Å². The van der Waals surface area contributed by atoms with Crippen LogP contribution in [0, 0.1) is 11.8 Å². The largest absolute Gasteiger partial charge is 0.327 e. The lowest BCUT2D eigenvalue weighted by Gasteiger charge is -2.17. The van der Waals surface area contributed by atoms with Crippen molar-refractivity contribution in [2.24, 2.45) is 17.6 Å². The van der Waals surface area contributed by atoms with Crippen LogP contribution in [0.3, 0.4) is 0 Å². The van der Waals surface area contributed by atoms with Gasteiger partial charge in [-0.3, -0.25) is 4.21 Å². The maximum atomic E-state index is 12.0. The van der Waals surface area contributed by atoms with Gasteiger partial charge in [0, 0.05) is 27.8 Å². The molecule has 0 radical (unpaired) electrons. The summed E-state index contributed by atoms with van der Waals surface area (Å²) in [7, 11) is -0.647. The van der Waals surface area contributed by atoms with Crippen molar-refractivity contribution in [1.29, 1.82) is 0 Å². The van der Waals surface area contributed by atoms with Crippen molar-refractivity contribution >= 4 is 10.8 Å². The molecule has 1 aliphatic rings. The fraction of sp³-hybridized carbons (Fsp3) is 1.00. The third-order valence-corrected chi connectivity index (χ3v) is 5.26. The maximum absolute atomic E-state index is 12.0. The zero-order chi connectivity index (χ0) is 10.7. The highest BCUT2D eigenvalue weighted by atomic mass is 32.2. The second kappa shape index (κ2) is 5.26. The minimum atomic E-state index is -0.647. The molecule has 1 rings (SSSR count). The molecule has 2 nitrogen and oxygen atoms in total. The van der Waals surface area contributed by atoms with E-state index in [-0.39, 0.29) is 6.04 Å². The average molecular weight is 217 g/mol. The van der Waals surface area contributed by atoms with E-state index in [1.54, 1.807) is 0 Å². The third-order valence-electron chi connectivity index (χ3n) is 3.28. The highest BCUT2D eigenvalue weighted by Crippen LogP contribution is 2.29. The minimum Gasteiger partial charge on any atom is -0.327 e. The molecule has 0 amide bonds. The highest BCUT2D eigenvalue weighted by Gasteiger charge is 2.33. The molecule has 0 bridgehead atoms. The maximum Gasteiger partial charge on any atom is 0.0388 e.